The number of amides is 1. The molecule has 0 radical (unpaired) electrons. The minimum Gasteiger partial charge on any atom is -0.497 e. The number of ether oxygens (including phenoxy) is 1. The maximum Gasteiger partial charge on any atom is 0.239 e. The number of rotatable bonds is 7. The average molecular weight is 435 g/mol. The van der Waals surface area contributed by atoms with Crippen LogP contribution in [0.3, 0.4) is 0 Å². The van der Waals surface area contributed by atoms with Gasteiger partial charge in [0.25, 0.3) is 0 Å². The lowest BCUT2D eigenvalue weighted by Crippen LogP contribution is -2.31. The maximum absolute atomic E-state index is 13.3. The first-order valence-corrected chi connectivity index (χ1v) is 11.4. The van der Waals surface area contributed by atoms with Crippen LogP contribution in [-0.2, 0) is 11.3 Å². The minimum absolute atomic E-state index is 0.0383. The monoisotopic (exact) mass is 434 g/mol. The van der Waals surface area contributed by atoms with E-state index in [2.05, 4.69) is 19.1 Å². The van der Waals surface area contributed by atoms with Crippen LogP contribution in [0.5, 0.6) is 5.75 Å². The Hall–Kier alpha value is -2.83. The number of anilines is 1. The fourth-order valence-corrected chi connectivity index (χ4v) is 4.95. The molecule has 4 aromatic rings. The second-order valence-corrected chi connectivity index (χ2v) is 8.91. The molecule has 0 saturated carbocycles. The van der Waals surface area contributed by atoms with Crippen molar-refractivity contribution in [2.24, 2.45) is 0 Å². The van der Waals surface area contributed by atoms with Crippen molar-refractivity contribution < 1.29 is 9.53 Å². The Morgan fingerprint density at radius 1 is 1.03 bits per heavy atom. The van der Waals surface area contributed by atoms with Gasteiger partial charge in [0, 0.05) is 4.90 Å². The first kappa shape index (κ1) is 20.4. The summed E-state index contributed by atoms with van der Waals surface area (Å²) in [4.78, 5) is 20.9. The van der Waals surface area contributed by atoms with E-state index in [4.69, 9.17) is 9.72 Å². The number of carbonyl (C=O) groups excluding carboxylic acids is 1. The number of thiazole rings is 1. The molecule has 0 saturated heterocycles. The molecule has 1 aromatic heterocycles. The highest BCUT2D eigenvalue weighted by atomic mass is 32.2. The van der Waals surface area contributed by atoms with Gasteiger partial charge in [-0.05, 0) is 48.4 Å². The van der Waals surface area contributed by atoms with Gasteiger partial charge in [-0.1, -0.05) is 53.8 Å². The SMILES string of the molecule is COc1ccc(SCC(=O)N(Cc2ccccc2)c2nc3c(C)cccc3s2)cc1. The lowest BCUT2D eigenvalue weighted by Gasteiger charge is -2.20. The highest BCUT2D eigenvalue weighted by Crippen LogP contribution is 2.32. The van der Waals surface area contributed by atoms with Gasteiger partial charge in [0.2, 0.25) is 5.91 Å². The summed E-state index contributed by atoms with van der Waals surface area (Å²) in [7, 11) is 1.65. The van der Waals surface area contributed by atoms with Crippen molar-refractivity contribution in [2.75, 3.05) is 17.8 Å². The molecule has 3 aromatic carbocycles. The number of fused-ring (bicyclic) bond motifs is 1. The van der Waals surface area contributed by atoms with Gasteiger partial charge in [-0.15, -0.1) is 11.8 Å². The lowest BCUT2D eigenvalue weighted by molar-refractivity contribution is -0.116. The number of nitrogens with zero attached hydrogens (tertiary/aromatic N) is 2. The fourth-order valence-electron chi connectivity index (χ4n) is 3.11. The van der Waals surface area contributed by atoms with Gasteiger partial charge >= 0.3 is 0 Å². The summed E-state index contributed by atoms with van der Waals surface area (Å²) < 4.78 is 6.30. The number of para-hydroxylation sites is 1. The van der Waals surface area contributed by atoms with Gasteiger partial charge in [-0.25, -0.2) is 4.98 Å². The molecule has 0 aliphatic heterocycles. The molecule has 0 bridgehead atoms. The van der Waals surface area contributed by atoms with Crippen molar-refractivity contribution in [2.45, 2.75) is 18.4 Å². The third-order valence-electron chi connectivity index (χ3n) is 4.75. The van der Waals surface area contributed by atoms with Crippen LogP contribution < -0.4 is 9.64 Å². The zero-order valence-corrected chi connectivity index (χ0v) is 18.5. The highest BCUT2D eigenvalue weighted by Gasteiger charge is 2.21. The van der Waals surface area contributed by atoms with E-state index in [1.54, 1.807) is 23.3 Å². The van der Waals surface area contributed by atoms with Gasteiger partial charge in [-0.3, -0.25) is 9.69 Å². The Kier molecular flexibility index (Phi) is 6.35. The van der Waals surface area contributed by atoms with Crippen LogP contribution in [0.2, 0.25) is 0 Å². The van der Waals surface area contributed by atoms with E-state index in [1.807, 2.05) is 60.7 Å². The molecule has 0 N–H and O–H groups in total. The number of methoxy groups -OCH3 is 1. The smallest absolute Gasteiger partial charge is 0.239 e. The maximum atomic E-state index is 13.3. The molecule has 0 fully saturated rings. The van der Waals surface area contributed by atoms with Gasteiger partial charge in [0.15, 0.2) is 5.13 Å². The van der Waals surface area contributed by atoms with Gasteiger partial charge in [0.05, 0.1) is 29.6 Å². The van der Waals surface area contributed by atoms with Crippen LogP contribution in [0, 0.1) is 6.92 Å². The first-order valence-electron chi connectivity index (χ1n) is 9.61. The van der Waals surface area contributed by atoms with Crippen molar-refractivity contribution in [3.63, 3.8) is 0 Å². The number of hydrogen-bond acceptors (Lipinski definition) is 5. The Morgan fingerprint density at radius 2 is 1.80 bits per heavy atom. The Bertz CT molecular complexity index is 1140. The minimum atomic E-state index is 0.0383. The molecule has 0 unspecified atom stereocenters. The standard InChI is InChI=1S/C24H22N2O2S2/c1-17-7-6-10-21-23(17)25-24(30-21)26(15-18-8-4-3-5-9-18)22(27)16-29-20-13-11-19(28-2)12-14-20/h3-14H,15-16H2,1-2H3. The van der Waals surface area contributed by atoms with Crippen LogP contribution in [0.4, 0.5) is 5.13 Å². The van der Waals surface area contributed by atoms with Crippen LogP contribution in [0.1, 0.15) is 11.1 Å². The summed E-state index contributed by atoms with van der Waals surface area (Å²) in [5.41, 5.74) is 3.16. The van der Waals surface area contributed by atoms with Gasteiger partial charge < -0.3 is 4.74 Å². The number of aromatic nitrogens is 1. The van der Waals surface area contributed by atoms with Crippen molar-refractivity contribution in [3.8, 4) is 5.75 Å². The molecule has 4 rings (SSSR count). The molecule has 152 valence electrons. The second kappa shape index (κ2) is 9.32. The zero-order chi connectivity index (χ0) is 20.9. The predicted molar refractivity (Wildman–Crippen MR) is 126 cm³/mol. The summed E-state index contributed by atoms with van der Waals surface area (Å²) in [6.07, 6.45) is 0. The number of benzene rings is 3. The fraction of sp³-hybridized carbons (Fsp3) is 0.167. The number of aryl methyl sites for hydroxylation is 1. The van der Waals surface area contributed by atoms with Crippen molar-refractivity contribution in [1.82, 2.24) is 4.98 Å². The van der Waals surface area contributed by atoms with E-state index in [0.29, 0.717) is 12.3 Å². The molecule has 0 spiro atoms. The third-order valence-corrected chi connectivity index (χ3v) is 6.79. The molecule has 0 aliphatic carbocycles. The summed E-state index contributed by atoms with van der Waals surface area (Å²) >= 11 is 3.08. The molecule has 1 amide bonds. The topological polar surface area (TPSA) is 42.4 Å². The van der Waals surface area contributed by atoms with Crippen molar-refractivity contribution >= 4 is 44.4 Å². The van der Waals surface area contributed by atoms with Crippen LogP contribution in [0.25, 0.3) is 10.2 Å². The Labute approximate surface area is 184 Å². The van der Waals surface area contributed by atoms with Crippen LogP contribution in [0.15, 0.2) is 77.7 Å². The predicted octanol–water partition coefficient (Wildman–Crippen LogP) is 5.94. The number of carbonyl (C=O) groups is 1. The second-order valence-electron chi connectivity index (χ2n) is 6.85. The largest absolute Gasteiger partial charge is 0.497 e. The van der Waals surface area contributed by atoms with E-state index in [-0.39, 0.29) is 5.91 Å². The van der Waals surface area contributed by atoms with Crippen molar-refractivity contribution in [3.05, 3.63) is 83.9 Å². The quantitative estimate of drug-likeness (QED) is 0.338. The van der Waals surface area contributed by atoms with Gasteiger partial charge in [-0.2, -0.15) is 0 Å². The molecule has 30 heavy (non-hydrogen) atoms. The number of thioether (sulfide) groups is 1. The molecule has 1 heterocycles. The van der Waals surface area contributed by atoms with E-state index in [0.717, 1.165) is 37.1 Å². The van der Waals surface area contributed by atoms with E-state index >= 15 is 0 Å². The highest BCUT2D eigenvalue weighted by molar-refractivity contribution is 8.00. The number of hydrogen-bond donors (Lipinski definition) is 0. The van der Waals surface area contributed by atoms with Gasteiger partial charge in [0.1, 0.15) is 5.75 Å². The lowest BCUT2D eigenvalue weighted by atomic mass is 10.2. The molecular formula is C24H22N2O2S2. The normalized spacial score (nSPS) is 10.9. The first-order chi connectivity index (χ1) is 14.6. The van der Waals surface area contributed by atoms with Crippen LogP contribution >= 0.6 is 23.1 Å². The average Bonchev–Trinajstić information content (AvgIpc) is 3.22. The van der Waals surface area contributed by atoms with Crippen LogP contribution in [-0.4, -0.2) is 23.8 Å². The third kappa shape index (κ3) is 4.66. The molecule has 0 atom stereocenters. The van der Waals surface area contributed by atoms with E-state index in [9.17, 15) is 4.79 Å². The Morgan fingerprint density at radius 3 is 2.50 bits per heavy atom. The molecular weight excluding hydrogens is 412 g/mol. The van der Waals surface area contributed by atoms with E-state index < -0.39 is 0 Å². The molecule has 4 nitrogen and oxygen atoms in total. The molecule has 0 aliphatic rings. The summed E-state index contributed by atoms with van der Waals surface area (Å²) in [6, 6.07) is 23.9. The zero-order valence-electron chi connectivity index (χ0n) is 16.9. The molecule has 6 heteroatoms. The summed E-state index contributed by atoms with van der Waals surface area (Å²) in [5.74, 6) is 1.19. The summed E-state index contributed by atoms with van der Waals surface area (Å²) in [5, 5.41) is 0.739. The summed E-state index contributed by atoms with van der Waals surface area (Å²) in [6.45, 7) is 2.55. The van der Waals surface area contributed by atoms with Crippen molar-refractivity contribution in [1.29, 1.82) is 0 Å². The Balaban J connectivity index is 1.58. The van der Waals surface area contributed by atoms with E-state index in [1.165, 1.54) is 11.8 Å².